The zero-order valence-electron chi connectivity index (χ0n) is 15.9. The second-order valence-electron chi connectivity index (χ2n) is 7.64. The molecule has 2 heterocycles. The molecule has 1 saturated heterocycles. The standard InChI is InChI=1S/C21H24FN3O2S/c1-14-23-17(13-28-14)12-25(19-8-6-16(22)7-9-19)21(27)15-10-20(26)24(11-15)18-4-2-3-5-18/h6-9,13,15,18H,2-5,10-12H2,1H3. The molecule has 2 aromatic rings. The third kappa shape index (κ3) is 3.94. The van der Waals surface area contributed by atoms with Gasteiger partial charge in [0.15, 0.2) is 0 Å². The van der Waals surface area contributed by atoms with Crippen LogP contribution in [-0.4, -0.2) is 34.3 Å². The van der Waals surface area contributed by atoms with Gasteiger partial charge in [-0.3, -0.25) is 9.59 Å². The summed E-state index contributed by atoms with van der Waals surface area (Å²) in [5, 5.41) is 2.87. The highest BCUT2D eigenvalue weighted by molar-refractivity contribution is 7.09. The van der Waals surface area contributed by atoms with E-state index >= 15 is 0 Å². The molecule has 4 rings (SSSR count). The zero-order valence-corrected chi connectivity index (χ0v) is 16.8. The van der Waals surface area contributed by atoms with Crippen LogP contribution in [0.4, 0.5) is 10.1 Å². The number of hydrogen-bond acceptors (Lipinski definition) is 4. The number of likely N-dealkylation sites (tertiary alicyclic amines) is 1. The molecule has 2 aliphatic rings. The van der Waals surface area contributed by atoms with Crippen molar-refractivity contribution < 1.29 is 14.0 Å². The largest absolute Gasteiger partial charge is 0.339 e. The zero-order chi connectivity index (χ0) is 19.7. The summed E-state index contributed by atoms with van der Waals surface area (Å²) >= 11 is 1.53. The van der Waals surface area contributed by atoms with Crippen molar-refractivity contribution in [2.45, 2.75) is 51.6 Å². The first kappa shape index (κ1) is 19.1. The van der Waals surface area contributed by atoms with Gasteiger partial charge in [-0.1, -0.05) is 12.8 Å². The van der Waals surface area contributed by atoms with Crippen LogP contribution in [0.25, 0.3) is 0 Å². The van der Waals surface area contributed by atoms with Crippen molar-refractivity contribution >= 4 is 28.8 Å². The first-order valence-corrected chi connectivity index (χ1v) is 10.7. The number of halogens is 1. The number of aryl methyl sites for hydroxylation is 1. The number of aromatic nitrogens is 1. The van der Waals surface area contributed by atoms with Crippen LogP contribution in [0.3, 0.4) is 0 Å². The number of carbonyl (C=O) groups is 2. The van der Waals surface area contributed by atoms with Gasteiger partial charge >= 0.3 is 0 Å². The summed E-state index contributed by atoms with van der Waals surface area (Å²) in [5.74, 6) is -0.720. The fourth-order valence-electron chi connectivity index (χ4n) is 4.25. The lowest BCUT2D eigenvalue weighted by Gasteiger charge is -2.27. The number of anilines is 1. The fraction of sp³-hybridized carbons (Fsp3) is 0.476. The van der Waals surface area contributed by atoms with Gasteiger partial charge in [0.1, 0.15) is 5.82 Å². The monoisotopic (exact) mass is 401 g/mol. The Morgan fingerprint density at radius 3 is 2.64 bits per heavy atom. The highest BCUT2D eigenvalue weighted by atomic mass is 32.1. The maximum absolute atomic E-state index is 13.4. The fourth-order valence-corrected chi connectivity index (χ4v) is 4.85. The van der Waals surface area contributed by atoms with Crippen LogP contribution in [-0.2, 0) is 16.1 Å². The first-order chi connectivity index (χ1) is 13.5. The Bertz CT molecular complexity index is 861. The summed E-state index contributed by atoms with van der Waals surface area (Å²) in [6.45, 7) is 2.73. The van der Waals surface area contributed by atoms with Gasteiger partial charge in [-0.25, -0.2) is 9.37 Å². The van der Waals surface area contributed by atoms with Crippen molar-refractivity contribution in [3.8, 4) is 0 Å². The minimum Gasteiger partial charge on any atom is -0.339 e. The number of carbonyl (C=O) groups excluding carboxylic acids is 2. The summed E-state index contributed by atoms with van der Waals surface area (Å²) in [7, 11) is 0. The van der Waals surface area contributed by atoms with Crippen LogP contribution in [0.5, 0.6) is 0 Å². The number of nitrogens with zero attached hydrogens (tertiary/aromatic N) is 3. The number of benzene rings is 1. The number of hydrogen-bond donors (Lipinski definition) is 0. The highest BCUT2D eigenvalue weighted by Gasteiger charge is 2.40. The van der Waals surface area contributed by atoms with E-state index in [1.807, 2.05) is 17.2 Å². The Hall–Kier alpha value is -2.28. The number of thiazole rings is 1. The van der Waals surface area contributed by atoms with Crippen LogP contribution >= 0.6 is 11.3 Å². The van der Waals surface area contributed by atoms with Crippen molar-refractivity contribution in [3.63, 3.8) is 0 Å². The molecule has 1 aliphatic heterocycles. The summed E-state index contributed by atoms with van der Waals surface area (Å²) in [4.78, 5) is 33.9. The Morgan fingerprint density at radius 2 is 2.00 bits per heavy atom. The second kappa shape index (κ2) is 7.99. The lowest BCUT2D eigenvalue weighted by Crippen LogP contribution is -2.39. The molecule has 0 bridgehead atoms. The Balaban J connectivity index is 1.55. The van der Waals surface area contributed by atoms with Crippen molar-refractivity contribution in [2.75, 3.05) is 11.4 Å². The highest BCUT2D eigenvalue weighted by Crippen LogP contribution is 2.31. The van der Waals surface area contributed by atoms with Crippen molar-refractivity contribution in [3.05, 3.63) is 46.2 Å². The SMILES string of the molecule is Cc1nc(CN(C(=O)C2CC(=O)N(C3CCCC3)C2)c2ccc(F)cc2)cs1. The smallest absolute Gasteiger partial charge is 0.232 e. The molecule has 0 radical (unpaired) electrons. The van der Waals surface area contributed by atoms with Crippen LogP contribution in [0.15, 0.2) is 29.6 Å². The average molecular weight is 402 g/mol. The quantitative estimate of drug-likeness (QED) is 0.763. The van der Waals surface area contributed by atoms with Gasteiger partial charge in [0, 0.05) is 30.1 Å². The van der Waals surface area contributed by atoms with Gasteiger partial charge in [0.05, 0.1) is 23.2 Å². The molecule has 1 unspecified atom stereocenters. The topological polar surface area (TPSA) is 53.5 Å². The van der Waals surface area contributed by atoms with Gasteiger partial charge < -0.3 is 9.80 Å². The maximum Gasteiger partial charge on any atom is 0.232 e. The summed E-state index contributed by atoms with van der Waals surface area (Å²) in [5.41, 5.74) is 1.43. The normalized spacial score (nSPS) is 20.1. The molecule has 0 N–H and O–H groups in total. The van der Waals surface area contributed by atoms with E-state index in [0.29, 0.717) is 18.8 Å². The Labute approximate surface area is 168 Å². The molecule has 1 aromatic heterocycles. The van der Waals surface area contributed by atoms with E-state index in [0.717, 1.165) is 36.4 Å². The minimum absolute atomic E-state index is 0.0776. The van der Waals surface area contributed by atoms with Crippen LogP contribution < -0.4 is 4.90 Å². The number of rotatable bonds is 5. The van der Waals surface area contributed by atoms with Crippen molar-refractivity contribution in [2.24, 2.45) is 5.92 Å². The van der Waals surface area contributed by atoms with Crippen molar-refractivity contribution in [1.29, 1.82) is 0 Å². The molecule has 0 spiro atoms. The first-order valence-electron chi connectivity index (χ1n) is 9.78. The van der Waals surface area contributed by atoms with Gasteiger partial charge in [0.2, 0.25) is 11.8 Å². The van der Waals surface area contributed by atoms with E-state index in [-0.39, 0.29) is 36.0 Å². The molecule has 2 fully saturated rings. The van der Waals surface area contributed by atoms with E-state index in [1.165, 1.54) is 23.5 Å². The van der Waals surface area contributed by atoms with Gasteiger partial charge in [-0.05, 0) is 44.0 Å². The van der Waals surface area contributed by atoms with Crippen LogP contribution in [0, 0.1) is 18.7 Å². The van der Waals surface area contributed by atoms with E-state index < -0.39 is 0 Å². The van der Waals surface area contributed by atoms with Crippen LogP contribution in [0.2, 0.25) is 0 Å². The second-order valence-corrected chi connectivity index (χ2v) is 8.71. The van der Waals surface area contributed by atoms with Gasteiger partial charge in [0.25, 0.3) is 0 Å². The molecule has 148 valence electrons. The summed E-state index contributed by atoms with van der Waals surface area (Å²) in [6, 6.07) is 6.21. The minimum atomic E-state index is -0.363. The molecule has 1 atom stereocenters. The molecule has 7 heteroatoms. The maximum atomic E-state index is 13.4. The Morgan fingerprint density at radius 1 is 1.29 bits per heavy atom. The summed E-state index contributed by atoms with van der Waals surface area (Å²) in [6.07, 6.45) is 4.62. The molecule has 1 saturated carbocycles. The van der Waals surface area contributed by atoms with Gasteiger partial charge in [-0.2, -0.15) is 0 Å². The lowest BCUT2D eigenvalue weighted by atomic mass is 10.1. The third-order valence-electron chi connectivity index (χ3n) is 5.66. The molecule has 1 aromatic carbocycles. The molecule has 28 heavy (non-hydrogen) atoms. The van der Waals surface area contributed by atoms with Crippen molar-refractivity contribution in [1.82, 2.24) is 9.88 Å². The predicted molar refractivity (Wildman–Crippen MR) is 107 cm³/mol. The van der Waals surface area contributed by atoms with Crippen LogP contribution in [0.1, 0.15) is 42.8 Å². The van der Waals surface area contributed by atoms with E-state index in [9.17, 15) is 14.0 Å². The molecule has 5 nitrogen and oxygen atoms in total. The molecular formula is C21H24FN3O2S. The van der Waals surface area contributed by atoms with E-state index in [2.05, 4.69) is 4.98 Å². The Kier molecular flexibility index (Phi) is 5.44. The molecule has 1 aliphatic carbocycles. The van der Waals surface area contributed by atoms with E-state index in [1.54, 1.807) is 17.0 Å². The van der Waals surface area contributed by atoms with E-state index in [4.69, 9.17) is 0 Å². The summed E-state index contributed by atoms with van der Waals surface area (Å²) < 4.78 is 13.4. The number of amides is 2. The third-order valence-corrected chi connectivity index (χ3v) is 6.49. The lowest BCUT2D eigenvalue weighted by molar-refractivity contribution is -0.130. The molecule has 2 amide bonds. The average Bonchev–Trinajstić information content (AvgIpc) is 3.41. The molecular weight excluding hydrogens is 377 g/mol. The van der Waals surface area contributed by atoms with Gasteiger partial charge in [-0.15, -0.1) is 11.3 Å². The predicted octanol–water partition coefficient (Wildman–Crippen LogP) is 3.91.